The topological polar surface area (TPSA) is 117 Å². The van der Waals surface area contributed by atoms with Crippen LogP contribution >= 0.6 is 0 Å². The van der Waals surface area contributed by atoms with E-state index in [-0.39, 0.29) is 43.7 Å². The molecule has 9 nitrogen and oxygen atoms in total. The van der Waals surface area contributed by atoms with Gasteiger partial charge < -0.3 is 25.6 Å². The fraction of sp³-hybridized carbons (Fsp3) is 0.273. The zero-order valence-electron chi connectivity index (χ0n) is 17.1. The summed E-state index contributed by atoms with van der Waals surface area (Å²) in [4.78, 5) is 49.8. The van der Waals surface area contributed by atoms with Crippen LogP contribution in [-0.2, 0) is 19.2 Å². The van der Waals surface area contributed by atoms with Crippen molar-refractivity contribution >= 4 is 40.7 Å². The number of carbonyl (C=O) groups is 4. The number of hydrogen-bond acceptors (Lipinski definition) is 5. The first-order chi connectivity index (χ1) is 15.0. The van der Waals surface area contributed by atoms with Crippen LogP contribution in [-0.4, -0.2) is 43.3 Å². The van der Waals surface area contributed by atoms with Gasteiger partial charge in [0.25, 0.3) is 0 Å². The number of amides is 4. The molecule has 3 N–H and O–H groups in total. The third-order valence-corrected chi connectivity index (χ3v) is 4.53. The minimum absolute atomic E-state index is 0.0754. The Morgan fingerprint density at radius 3 is 2.52 bits per heavy atom. The Bertz CT molecular complexity index is 974. The lowest BCUT2D eigenvalue weighted by molar-refractivity contribution is -0.126. The van der Waals surface area contributed by atoms with Crippen LogP contribution in [0, 0.1) is 0 Å². The molecule has 0 radical (unpaired) electrons. The molecule has 3 rings (SSSR count). The summed E-state index contributed by atoms with van der Waals surface area (Å²) in [6.45, 7) is 2.13. The van der Waals surface area contributed by atoms with Crippen LogP contribution in [0.1, 0.15) is 19.8 Å². The Hall–Kier alpha value is -3.88. The predicted octanol–water partition coefficient (Wildman–Crippen LogP) is 1.91. The quantitative estimate of drug-likeness (QED) is 0.599. The van der Waals surface area contributed by atoms with Crippen molar-refractivity contribution in [2.45, 2.75) is 19.8 Å². The first-order valence-electron chi connectivity index (χ1n) is 9.95. The SMILES string of the molecule is CCOc1ccc(NC(=O)CNC(=O)CCC(=O)N2CC(=O)Nc3ccccc32)cc1. The van der Waals surface area contributed by atoms with Crippen molar-refractivity contribution in [3.8, 4) is 5.75 Å². The number of nitrogens with one attached hydrogen (secondary N) is 3. The molecule has 0 saturated carbocycles. The molecular formula is C22H24N4O5. The number of hydrogen-bond donors (Lipinski definition) is 3. The van der Waals surface area contributed by atoms with Crippen molar-refractivity contribution in [2.75, 3.05) is 35.2 Å². The van der Waals surface area contributed by atoms with Gasteiger partial charge in [0.15, 0.2) is 0 Å². The monoisotopic (exact) mass is 424 g/mol. The number of fused-ring (bicyclic) bond motifs is 1. The smallest absolute Gasteiger partial charge is 0.244 e. The summed E-state index contributed by atoms with van der Waals surface area (Å²) in [5.41, 5.74) is 1.74. The molecule has 0 aliphatic carbocycles. The summed E-state index contributed by atoms with van der Waals surface area (Å²) in [5, 5.41) is 7.87. The highest BCUT2D eigenvalue weighted by Gasteiger charge is 2.26. The van der Waals surface area contributed by atoms with Gasteiger partial charge in [-0.15, -0.1) is 0 Å². The number of carbonyl (C=O) groups excluding carboxylic acids is 4. The lowest BCUT2D eigenvalue weighted by Gasteiger charge is -2.29. The first-order valence-corrected chi connectivity index (χ1v) is 9.95. The first kappa shape index (κ1) is 21.8. The van der Waals surface area contributed by atoms with E-state index in [9.17, 15) is 19.2 Å². The molecule has 0 aromatic heterocycles. The highest BCUT2D eigenvalue weighted by molar-refractivity contribution is 6.10. The summed E-state index contributed by atoms with van der Waals surface area (Å²) in [5.74, 6) is -0.735. The molecule has 0 unspecified atom stereocenters. The van der Waals surface area contributed by atoms with E-state index in [1.165, 1.54) is 4.90 Å². The van der Waals surface area contributed by atoms with Crippen molar-refractivity contribution in [1.29, 1.82) is 0 Å². The lowest BCUT2D eigenvalue weighted by atomic mass is 10.1. The van der Waals surface area contributed by atoms with Crippen LogP contribution in [0.2, 0.25) is 0 Å². The molecule has 0 spiro atoms. The minimum Gasteiger partial charge on any atom is -0.494 e. The molecule has 0 atom stereocenters. The summed E-state index contributed by atoms with van der Waals surface area (Å²) in [6.07, 6.45) is -0.163. The van der Waals surface area contributed by atoms with Crippen molar-refractivity contribution in [3.05, 3.63) is 48.5 Å². The predicted molar refractivity (Wildman–Crippen MR) is 116 cm³/mol. The van der Waals surface area contributed by atoms with Gasteiger partial charge in [-0.1, -0.05) is 12.1 Å². The number of ether oxygens (including phenoxy) is 1. The number of nitrogens with zero attached hydrogens (tertiary/aromatic N) is 1. The van der Waals surface area contributed by atoms with Crippen LogP contribution in [0.25, 0.3) is 0 Å². The molecule has 162 valence electrons. The normalized spacial score (nSPS) is 12.4. The molecule has 2 aromatic rings. The maximum Gasteiger partial charge on any atom is 0.244 e. The number of benzene rings is 2. The molecule has 31 heavy (non-hydrogen) atoms. The summed E-state index contributed by atoms with van der Waals surface area (Å²) in [7, 11) is 0. The minimum atomic E-state index is -0.426. The van der Waals surface area contributed by atoms with Crippen molar-refractivity contribution < 1.29 is 23.9 Å². The van der Waals surface area contributed by atoms with Gasteiger partial charge in [-0.3, -0.25) is 19.2 Å². The van der Waals surface area contributed by atoms with E-state index in [2.05, 4.69) is 16.0 Å². The third-order valence-electron chi connectivity index (χ3n) is 4.53. The molecule has 2 aromatic carbocycles. The Morgan fingerprint density at radius 2 is 1.77 bits per heavy atom. The third kappa shape index (κ3) is 6.05. The second-order valence-corrected chi connectivity index (χ2v) is 6.83. The van der Waals surface area contributed by atoms with Crippen LogP contribution in [0.15, 0.2) is 48.5 Å². The van der Waals surface area contributed by atoms with E-state index in [0.717, 1.165) is 0 Å². The number of para-hydroxylation sites is 2. The summed E-state index contributed by atoms with van der Waals surface area (Å²) >= 11 is 0. The second kappa shape index (κ2) is 10.2. The highest BCUT2D eigenvalue weighted by Crippen LogP contribution is 2.29. The van der Waals surface area contributed by atoms with Gasteiger partial charge in [0.2, 0.25) is 23.6 Å². The van der Waals surface area contributed by atoms with E-state index < -0.39 is 5.91 Å². The highest BCUT2D eigenvalue weighted by atomic mass is 16.5. The molecule has 0 bridgehead atoms. The average Bonchev–Trinajstić information content (AvgIpc) is 2.77. The van der Waals surface area contributed by atoms with E-state index in [4.69, 9.17) is 4.74 Å². The van der Waals surface area contributed by atoms with Gasteiger partial charge >= 0.3 is 0 Å². The summed E-state index contributed by atoms with van der Waals surface area (Å²) in [6, 6.07) is 13.9. The van der Waals surface area contributed by atoms with Gasteiger partial charge in [0, 0.05) is 18.5 Å². The fourth-order valence-corrected chi connectivity index (χ4v) is 3.08. The molecule has 1 aliphatic heterocycles. The zero-order chi connectivity index (χ0) is 22.2. The van der Waals surface area contributed by atoms with E-state index in [1.807, 2.05) is 6.92 Å². The molecule has 0 fully saturated rings. The maximum atomic E-state index is 12.5. The van der Waals surface area contributed by atoms with Crippen LogP contribution in [0.5, 0.6) is 5.75 Å². The molecular weight excluding hydrogens is 400 g/mol. The van der Waals surface area contributed by atoms with Crippen molar-refractivity contribution in [1.82, 2.24) is 5.32 Å². The van der Waals surface area contributed by atoms with Gasteiger partial charge in [0.05, 0.1) is 24.5 Å². The number of rotatable bonds is 8. The van der Waals surface area contributed by atoms with Crippen LogP contribution in [0.4, 0.5) is 17.1 Å². The van der Waals surface area contributed by atoms with Gasteiger partial charge in [0.1, 0.15) is 12.3 Å². The van der Waals surface area contributed by atoms with Crippen molar-refractivity contribution in [2.24, 2.45) is 0 Å². The fourth-order valence-electron chi connectivity index (χ4n) is 3.08. The van der Waals surface area contributed by atoms with E-state index in [0.29, 0.717) is 29.4 Å². The van der Waals surface area contributed by atoms with Crippen LogP contribution in [0.3, 0.4) is 0 Å². The largest absolute Gasteiger partial charge is 0.494 e. The maximum absolute atomic E-state index is 12.5. The van der Waals surface area contributed by atoms with E-state index >= 15 is 0 Å². The van der Waals surface area contributed by atoms with Gasteiger partial charge in [-0.2, -0.15) is 0 Å². The van der Waals surface area contributed by atoms with Gasteiger partial charge in [-0.25, -0.2) is 0 Å². The summed E-state index contributed by atoms with van der Waals surface area (Å²) < 4.78 is 5.34. The van der Waals surface area contributed by atoms with Crippen LogP contribution < -0.4 is 25.6 Å². The van der Waals surface area contributed by atoms with Gasteiger partial charge in [-0.05, 0) is 43.3 Å². The molecule has 1 aliphatic rings. The number of anilines is 3. The molecule has 4 amide bonds. The molecule has 0 saturated heterocycles. The lowest BCUT2D eigenvalue weighted by Crippen LogP contribution is -2.42. The average molecular weight is 424 g/mol. The van der Waals surface area contributed by atoms with Crippen molar-refractivity contribution in [3.63, 3.8) is 0 Å². The Balaban J connectivity index is 1.43. The second-order valence-electron chi connectivity index (χ2n) is 6.83. The Kier molecular flexibility index (Phi) is 7.21. The molecule has 1 heterocycles. The zero-order valence-corrected chi connectivity index (χ0v) is 17.1. The standard InChI is InChI=1S/C22H24N4O5/c1-2-31-16-9-7-15(8-10-16)24-20(28)13-23-19(27)11-12-22(30)26-14-21(29)25-17-5-3-4-6-18(17)26/h3-10H,2,11-14H2,1H3,(H,23,27)(H,24,28)(H,25,29). The Labute approximate surface area is 179 Å². The van der Waals surface area contributed by atoms with E-state index in [1.54, 1.807) is 48.5 Å². The Morgan fingerprint density at radius 1 is 1.03 bits per heavy atom. The molecule has 9 heteroatoms.